The summed E-state index contributed by atoms with van der Waals surface area (Å²) in [7, 11) is 0. The van der Waals surface area contributed by atoms with Crippen LogP contribution in [-0.4, -0.2) is 4.57 Å². The van der Waals surface area contributed by atoms with E-state index in [9.17, 15) is 0 Å². The molecule has 0 radical (unpaired) electrons. The molecule has 0 aliphatic heterocycles. The molecule has 0 saturated carbocycles. The molecule has 2 nitrogen and oxygen atoms in total. The summed E-state index contributed by atoms with van der Waals surface area (Å²) >= 11 is 0. The normalized spacial score (nSPS) is 11.3. The summed E-state index contributed by atoms with van der Waals surface area (Å²) in [6, 6.07) is 87.7. The first-order valence-electron chi connectivity index (χ1n) is 20.6. The number of benzene rings is 10. The molecule has 0 fully saturated rings. The maximum Gasteiger partial charge on any atom is 0.0619 e. The van der Waals surface area contributed by atoms with E-state index >= 15 is 0 Å². The van der Waals surface area contributed by atoms with Crippen molar-refractivity contribution in [2.75, 3.05) is 4.90 Å². The van der Waals surface area contributed by atoms with Gasteiger partial charge in [-0.1, -0.05) is 176 Å². The standard InChI is InChI=1S/C58H40N2/c1-4-14-41(15-5-1)46-19-12-20-47(38-46)43-26-32-51(33-27-43)59(50-22-8-3-9-23-50)52-34-28-44(29-35-52)49-31-37-57-56(40-49)55-36-30-45-18-10-11-25-54(45)58(55)60(57)53-24-13-21-48(39-53)42-16-6-2-7-17-42/h1-40H. The molecule has 0 saturated heterocycles. The van der Waals surface area contributed by atoms with Crippen molar-refractivity contribution in [3.63, 3.8) is 0 Å². The van der Waals surface area contributed by atoms with E-state index in [2.05, 4.69) is 252 Å². The van der Waals surface area contributed by atoms with Crippen molar-refractivity contribution in [2.45, 2.75) is 0 Å². The number of hydrogen-bond donors (Lipinski definition) is 0. The van der Waals surface area contributed by atoms with E-state index < -0.39 is 0 Å². The average molecular weight is 765 g/mol. The van der Waals surface area contributed by atoms with Gasteiger partial charge in [0.1, 0.15) is 0 Å². The second-order valence-electron chi connectivity index (χ2n) is 15.4. The molecule has 11 aromatic rings. The summed E-state index contributed by atoms with van der Waals surface area (Å²) in [5.74, 6) is 0. The lowest BCUT2D eigenvalue weighted by atomic mass is 9.99. The molecule has 282 valence electrons. The van der Waals surface area contributed by atoms with E-state index in [1.165, 1.54) is 77.1 Å². The fourth-order valence-corrected chi connectivity index (χ4v) is 8.82. The summed E-state index contributed by atoms with van der Waals surface area (Å²) in [5, 5.41) is 4.97. The molecule has 0 N–H and O–H groups in total. The zero-order valence-corrected chi connectivity index (χ0v) is 33.0. The van der Waals surface area contributed by atoms with Gasteiger partial charge in [0.15, 0.2) is 0 Å². The van der Waals surface area contributed by atoms with Crippen molar-refractivity contribution in [1.29, 1.82) is 0 Å². The van der Waals surface area contributed by atoms with E-state index in [4.69, 9.17) is 0 Å². The number of hydrogen-bond acceptors (Lipinski definition) is 1. The Morgan fingerprint density at radius 3 is 1.37 bits per heavy atom. The van der Waals surface area contributed by atoms with Crippen LogP contribution < -0.4 is 4.90 Å². The minimum absolute atomic E-state index is 1.10. The minimum Gasteiger partial charge on any atom is -0.311 e. The summed E-state index contributed by atoms with van der Waals surface area (Å²) in [4.78, 5) is 2.33. The SMILES string of the molecule is c1ccc(-c2cccc(-c3ccc(N(c4ccccc4)c4ccc(-c5ccc6c(c5)c5ccc7ccccc7c5n6-c5cccc(-c6ccccc6)c5)cc4)cc3)c2)cc1. The first-order valence-corrected chi connectivity index (χ1v) is 20.6. The highest BCUT2D eigenvalue weighted by molar-refractivity contribution is 6.19. The third-order valence-corrected chi connectivity index (χ3v) is 11.8. The Hall–Kier alpha value is -7.94. The zero-order chi connectivity index (χ0) is 39.8. The Balaban J connectivity index is 0.970. The second kappa shape index (κ2) is 15.1. The van der Waals surface area contributed by atoms with Crippen LogP contribution in [0.15, 0.2) is 243 Å². The number of anilines is 3. The van der Waals surface area contributed by atoms with Gasteiger partial charge in [-0.05, 0) is 117 Å². The van der Waals surface area contributed by atoms with Crippen molar-refractivity contribution in [3.05, 3.63) is 243 Å². The van der Waals surface area contributed by atoms with Crippen molar-refractivity contribution >= 4 is 49.6 Å². The van der Waals surface area contributed by atoms with Crippen LogP contribution in [0.2, 0.25) is 0 Å². The summed E-state index contributed by atoms with van der Waals surface area (Å²) in [5.41, 5.74) is 16.5. The molecule has 0 spiro atoms. The van der Waals surface area contributed by atoms with Crippen molar-refractivity contribution in [2.24, 2.45) is 0 Å². The highest BCUT2D eigenvalue weighted by Gasteiger charge is 2.18. The molecule has 1 aromatic heterocycles. The highest BCUT2D eigenvalue weighted by atomic mass is 15.1. The van der Waals surface area contributed by atoms with Crippen LogP contribution in [0.4, 0.5) is 17.1 Å². The van der Waals surface area contributed by atoms with Crippen LogP contribution in [0.3, 0.4) is 0 Å². The van der Waals surface area contributed by atoms with Gasteiger partial charge in [0.25, 0.3) is 0 Å². The highest BCUT2D eigenvalue weighted by Crippen LogP contribution is 2.41. The molecular formula is C58H40N2. The zero-order valence-electron chi connectivity index (χ0n) is 33.0. The molecule has 11 rings (SSSR count). The van der Waals surface area contributed by atoms with Crippen molar-refractivity contribution in [1.82, 2.24) is 4.57 Å². The topological polar surface area (TPSA) is 8.17 Å². The van der Waals surface area contributed by atoms with Gasteiger partial charge in [-0.2, -0.15) is 0 Å². The largest absolute Gasteiger partial charge is 0.311 e. The van der Waals surface area contributed by atoms with E-state index in [1.54, 1.807) is 0 Å². The van der Waals surface area contributed by atoms with Gasteiger partial charge in [-0.15, -0.1) is 0 Å². The molecule has 1 heterocycles. The number of para-hydroxylation sites is 1. The second-order valence-corrected chi connectivity index (χ2v) is 15.4. The maximum absolute atomic E-state index is 2.45. The van der Waals surface area contributed by atoms with Crippen LogP contribution in [0, 0.1) is 0 Å². The maximum atomic E-state index is 2.45. The van der Waals surface area contributed by atoms with Gasteiger partial charge in [-0.25, -0.2) is 0 Å². The predicted molar refractivity (Wildman–Crippen MR) is 255 cm³/mol. The lowest BCUT2D eigenvalue weighted by Gasteiger charge is -2.26. The van der Waals surface area contributed by atoms with Crippen LogP contribution in [0.25, 0.3) is 82.8 Å². The van der Waals surface area contributed by atoms with Crippen molar-refractivity contribution in [3.8, 4) is 50.2 Å². The summed E-state index contributed by atoms with van der Waals surface area (Å²) in [6.07, 6.45) is 0. The molecule has 0 atom stereocenters. The van der Waals surface area contributed by atoms with Crippen LogP contribution >= 0.6 is 0 Å². The molecule has 0 aliphatic rings. The van der Waals surface area contributed by atoms with Crippen LogP contribution in [0.5, 0.6) is 0 Å². The Kier molecular flexibility index (Phi) is 8.87. The van der Waals surface area contributed by atoms with Crippen LogP contribution in [0.1, 0.15) is 0 Å². The van der Waals surface area contributed by atoms with E-state index in [1.807, 2.05) is 0 Å². The third kappa shape index (κ3) is 6.41. The Labute approximate surface area is 350 Å². The van der Waals surface area contributed by atoms with Gasteiger partial charge < -0.3 is 9.47 Å². The molecule has 10 aromatic carbocycles. The Morgan fingerprint density at radius 1 is 0.267 bits per heavy atom. The molecule has 0 bridgehead atoms. The minimum atomic E-state index is 1.10. The Bertz CT molecular complexity index is 3270. The first kappa shape index (κ1) is 35.2. The lowest BCUT2D eigenvalue weighted by Crippen LogP contribution is -2.09. The van der Waals surface area contributed by atoms with E-state index in [0.29, 0.717) is 0 Å². The van der Waals surface area contributed by atoms with Gasteiger partial charge in [0, 0.05) is 38.9 Å². The molecule has 0 aliphatic carbocycles. The molecule has 0 unspecified atom stereocenters. The number of rotatable bonds is 8. The van der Waals surface area contributed by atoms with E-state index in [0.717, 1.165) is 22.7 Å². The smallest absolute Gasteiger partial charge is 0.0619 e. The summed E-state index contributed by atoms with van der Waals surface area (Å²) in [6.45, 7) is 0. The van der Waals surface area contributed by atoms with Gasteiger partial charge in [0.05, 0.1) is 11.0 Å². The molecule has 0 amide bonds. The fraction of sp³-hybridized carbons (Fsp3) is 0. The van der Waals surface area contributed by atoms with Crippen molar-refractivity contribution < 1.29 is 0 Å². The molecule has 2 heteroatoms. The summed E-state index contributed by atoms with van der Waals surface area (Å²) < 4.78 is 2.45. The van der Waals surface area contributed by atoms with E-state index in [-0.39, 0.29) is 0 Å². The fourth-order valence-electron chi connectivity index (χ4n) is 8.82. The first-order chi connectivity index (χ1) is 29.7. The monoisotopic (exact) mass is 764 g/mol. The predicted octanol–water partition coefficient (Wildman–Crippen LogP) is 16.1. The van der Waals surface area contributed by atoms with Gasteiger partial charge >= 0.3 is 0 Å². The van der Waals surface area contributed by atoms with Gasteiger partial charge in [0.2, 0.25) is 0 Å². The average Bonchev–Trinajstić information content (AvgIpc) is 3.67. The quantitative estimate of drug-likeness (QED) is 0.150. The number of fused-ring (bicyclic) bond motifs is 5. The molecule has 60 heavy (non-hydrogen) atoms. The Morgan fingerprint density at radius 2 is 0.733 bits per heavy atom. The number of aromatic nitrogens is 1. The van der Waals surface area contributed by atoms with Gasteiger partial charge in [-0.3, -0.25) is 0 Å². The lowest BCUT2D eigenvalue weighted by molar-refractivity contribution is 1.19. The van der Waals surface area contributed by atoms with Crippen LogP contribution in [-0.2, 0) is 0 Å². The number of nitrogens with zero attached hydrogens (tertiary/aromatic N) is 2. The molecular weight excluding hydrogens is 725 g/mol. The third-order valence-electron chi connectivity index (χ3n) is 11.8.